The molecule has 178 valence electrons. The Hall–Kier alpha value is -2.12. The number of rotatable bonds is 2. The molecule has 5 fully saturated rings. The summed E-state index contributed by atoms with van der Waals surface area (Å²) in [4.78, 5) is 19.8. The molecule has 8 heteroatoms. The number of carbonyl (C=O) groups is 1. The van der Waals surface area contributed by atoms with Crippen molar-refractivity contribution in [1.82, 2.24) is 19.5 Å². The summed E-state index contributed by atoms with van der Waals surface area (Å²) in [5, 5.41) is 4.15. The van der Waals surface area contributed by atoms with Crippen LogP contribution in [0.15, 0.2) is 12.1 Å². The maximum atomic E-state index is 14.2. The molecule has 3 heterocycles. The number of likely N-dealkylation sites (tertiary alicyclic amines) is 1. The van der Waals surface area contributed by atoms with Gasteiger partial charge in [0.1, 0.15) is 5.69 Å². The van der Waals surface area contributed by atoms with Gasteiger partial charge in [0, 0.05) is 23.6 Å². The molecule has 1 amide bonds. The summed E-state index contributed by atoms with van der Waals surface area (Å²) in [5.74, 6) is 1.50. The molecule has 1 aliphatic heterocycles. The van der Waals surface area contributed by atoms with E-state index in [0.29, 0.717) is 30.0 Å². The number of carbonyl (C=O) groups excluding carboxylic acids is 1. The Morgan fingerprint density at radius 3 is 2.24 bits per heavy atom. The quantitative estimate of drug-likeness (QED) is 0.584. The Bertz CT molecular complexity index is 1080. The lowest BCUT2D eigenvalue weighted by molar-refractivity contribution is -0.142. The molecular weight excluding hydrogens is 429 g/mol. The van der Waals surface area contributed by atoms with Crippen molar-refractivity contribution in [2.45, 2.75) is 88.8 Å². The molecule has 4 saturated carbocycles. The molecule has 0 unspecified atom stereocenters. The van der Waals surface area contributed by atoms with E-state index in [9.17, 15) is 18.0 Å². The van der Waals surface area contributed by atoms with Gasteiger partial charge in [-0.05, 0) is 95.5 Å². The van der Waals surface area contributed by atoms with Crippen LogP contribution in [0.4, 0.5) is 13.2 Å². The number of nitrogens with zero attached hydrogens (tertiary/aromatic N) is 4. The smallest absolute Gasteiger partial charge is 0.332 e. The molecule has 2 aromatic heterocycles. The fraction of sp³-hybridized carbons (Fsp3) is 0.720. The molecule has 0 atom stereocenters. The van der Waals surface area contributed by atoms with Crippen LogP contribution in [0, 0.1) is 17.8 Å². The van der Waals surface area contributed by atoms with Crippen molar-refractivity contribution >= 4 is 11.6 Å². The second-order valence-electron chi connectivity index (χ2n) is 11.7. The van der Waals surface area contributed by atoms with Crippen LogP contribution in [0.2, 0.25) is 0 Å². The van der Waals surface area contributed by atoms with Crippen LogP contribution in [0.3, 0.4) is 0 Å². The second kappa shape index (κ2) is 6.95. The van der Waals surface area contributed by atoms with Crippen LogP contribution < -0.4 is 0 Å². The Kier molecular flexibility index (Phi) is 4.51. The van der Waals surface area contributed by atoms with E-state index in [1.165, 1.54) is 31.4 Å². The third-order valence-corrected chi connectivity index (χ3v) is 8.91. The maximum Gasteiger partial charge on any atom is 0.433 e. The van der Waals surface area contributed by atoms with Gasteiger partial charge >= 0.3 is 6.18 Å². The number of amides is 1. The average Bonchev–Trinajstić information content (AvgIpc) is 3.15. The zero-order valence-corrected chi connectivity index (χ0v) is 19.3. The van der Waals surface area contributed by atoms with Gasteiger partial charge in [0.2, 0.25) is 0 Å². The van der Waals surface area contributed by atoms with Gasteiger partial charge < -0.3 is 4.90 Å². The number of fused-ring (bicyclic) bond motifs is 1. The number of alkyl halides is 3. The number of hydrogen-bond donors (Lipinski definition) is 0. The molecule has 4 aliphatic carbocycles. The van der Waals surface area contributed by atoms with Gasteiger partial charge in [-0.2, -0.15) is 18.3 Å². The van der Waals surface area contributed by atoms with Crippen molar-refractivity contribution in [2.24, 2.45) is 17.8 Å². The minimum Gasteiger partial charge on any atom is -0.332 e. The van der Waals surface area contributed by atoms with E-state index in [1.54, 1.807) is 4.90 Å². The third-order valence-electron chi connectivity index (χ3n) is 8.91. The zero-order valence-electron chi connectivity index (χ0n) is 19.3. The van der Waals surface area contributed by atoms with Crippen molar-refractivity contribution in [3.05, 3.63) is 29.2 Å². The summed E-state index contributed by atoms with van der Waals surface area (Å²) < 4.78 is 43.4. The molecule has 0 spiro atoms. The molecule has 5 nitrogen and oxygen atoms in total. The number of halogens is 3. The maximum absolute atomic E-state index is 14.2. The van der Waals surface area contributed by atoms with Gasteiger partial charge in [-0.25, -0.2) is 9.50 Å². The minimum absolute atomic E-state index is 0.0469. The first kappa shape index (κ1) is 21.4. The lowest BCUT2D eigenvalue weighted by Gasteiger charge is -2.56. The Labute approximate surface area is 191 Å². The Morgan fingerprint density at radius 1 is 1.03 bits per heavy atom. The largest absolute Gasteiger partial charge is 0.433 e. The summed E-state index contributed by atoms with van der Waals surface area (Å²) >= 11 is 0. The lowest BCUT2D eigenvalue weighted by Crippen LogP contribution is -2.50. The predicted molar refractivity (Wildman–Crippen MR) is 117 cm³/mol. The van der Waals surface area contributed by atoms with E-state index in [-0.39, 0.29) is 28.2 Å². The van der Waals surface area contributed by atoms with Crippen LogP contribution in [-0.4, -0.2) is 37.5 Å². The van der Waals surface area contributed by atoms with Crippen LogP contribution >= 0.6 is 0 Å². The first-order chi connectivity index (χ1) is 15.5. The van der Waals surface area contributed by atoms with Gasteiger partial charge in [-0.1, -0.05) is 0 Å². The van der Waals surface area contributed by atoms with Gasteiger partial charge in [0.05, 0.1) is 5.69 Å². The fourth-order valence-corrected chi connectivity index (χ4v) is 7.76. The molecule has 0 aromatic carbocycles. The molecule has 0 N–H and O–H groups in total. The molecule has 1 saturated heterocycles. The highest BCUT2D eigenvalue weighted by Crippen LogP contribution is 2.60. The van der Waals surface area contributed by atoms with Crippen LogP contribution in [0.25, 0.3) is 5.65 Å². The van der Waals surface area contributed by atoms with Crippen molar-refractivity contribution < 1.29 is 18.0 Å². The van der Waals surface area contributed by atoms with E-state index in [0.717, 1.165) is 43.0 Å². The summed E-state index contributed by atoms with van der Waals surface area (Å²) in [6.45, 7) is 4.60. The highest BCUT2D eigenvalue weighted by atomic mass is 19.4. The van der Waals surface area contributed by atoms with E-state index < -0.39 is 11.9 Å². The molecule has 7 rings (SSSR count). The van der Waals surface area contributed by atoms with Crippen molar-refractivity contribution in [2.75, 3.05) is 6.54 Å². The molecule has 0 radical (unpaired) electrons. The molecule has 2 aromatic rings. The second-order valence-corrected chi connectivity index (χ2v) is 11.7. The molecule has 4 bridgehead atoms. The first-order valence-electron chi connectivity index (χ1n) is 12.3. The molecule has 5 aliphatic rings. The fourth-order valence-electron chi connectivity index (χ4n) is 7.76. The number of piperidine rings is 1. The number of aromatic nitrogens is 3. The van der Waals surface area contributed by atoms with Crippen molar-refractivity contribution in [3.63, 3.8) is 0 Å². The van der Waals surface area contributed by atoms with Crippen molar-refractivity contribution in [3.8, 4) is 0 Å². The van der Waals surface area contributed by atoms with Crippen LogP contribution in [-0.2, 0) is 11.6 Å². The Balaban J connectivity index is 1.45. The van der Waals surface area contributed by atoms with E-state index in [1.807, 2.05) is 13.8 Å². The SMILES string of the molecule is CC1(C)CCCCN1C(=O)c1cc2nc(C34CC5CC(CC(C5)C3)C4)cc(C(F)(F)F)n2n1. The normalized spacial score (nSPS) is 33.1. The highest BCUT2D eigenvalue weighted by Gasteiger charge is 2.53. The third kappa shape index (κ3) is 3.38. The first-order valence-corrected chi connectivity index (χ1v) is 12.3. The standard InChI is InChI=1S/C25H31F3N4O/c1-23(2)5-3-4-6-31(23)22(33)18-10-21-29-19(11-20(25(26,27)28)32(21)30-18)24-12-15-7-16(13-24)9-17(8-15)14-24/h10-11,15-17H,3-9,12-14H2,1-2H3. The highest BCUT2D eigenvalue weighted by molar-refractivity contribution is 5.94. The van der Waals surface area contributed by atoms with Gasteiger partial charge in [-0.15, -0.1) is 0 Å². The zero-order chi connectivity index (χ0) is 23.2. The monoisotopic (exact) mass is 460 g/mol. The summed E-state index contributed by atoms with van der Waals surface area (Å²) in [6.07, 6.45) is 4.66. The van der Waals surface area contributed by atoms with Gasteiger partial charge in [0.15, 0.2) is 11.3 Å². The molecule has 33 heavy (non-hydrogen) atoms. The average molecular weight is 461 g/mol. The topological polar surface area (TPSA) is 50.5 Å². The molecular formula is C25H31F3N4O. The van der Waals surface area contributed by atoms with Crippen molar-refractivity contribution in [1.29, 1.82) is 0 Å². The lowest BCUT2D eigenvalue weighted by atomic mass is 9.49. The predicted octanol–water partition coefficient (Wildman–Crippen LogP) is 5.62. The van der Waals surface area contributed by atoms with Crippen LogP contribution in [0.5, 0.6) is 0 Å². The Morgan fingerprint density at radius 2 is 1.67 bits per heavy atom. The van der Waals surface area contributed by atoms with Crippen LogP contribution in [0.1, 0.15) is 93.5 Å². The van der Waals surface area contributed by atoms with E-state index in [4.69, 9.17) is 4.98 Å². The summed E-state index contributed by atoms with van der Waals surface area (Å²) in [7, 11) is 0. The van der Waals surface area contributed by atoms with E-state index >= 15 is 0 Å². The van der Waals surface area contributed by atoms with E-state index in [2.05, 4.69) is 5.10 Å². The minimum atomic E-state index is -4.57. The summed E-state index contributed by atoms with van der Waals surface area (Å²) in [6, 6.07) is 2.69. The van der Waals surface area contributed by atoms with Gasteiger partial charge in [-0.3, -0.25) is 4.79 Å². The summed E-state index contributed by atoms with van der Waals surface area (Å²) in [5.41, 5.74) is -0.691. The van der Waals surface area contributed by atoms with Gasteiger partial charge in [0.25, 0.3) is 5.91 Å². The number of hydrogen-bond acceptors (Lipinski definition) is 3.